The van der Waals surface area contributed by atoms with Crippen molar-refractivity contribution >= 4 is 5.57 Å². The lowest BCUT2D eigenvalue weighted by atomic mass is 10.1. The van der Waals surface area contributed by atoms with Crippen molar-refractivity contribution in [3.05, 3.63) is 29.4 Å². The standard InChI is InChI=1S/C8F10N2/c9-2-3(19-6(12)20-5(2)11)1(7(13,14)15)4(10)8(16,17)18/b4-1+. The number of aromatic nitrogens is 2. The van der Waals surface area contributed by atoms with Crippen LogP contribution in [0.1, 0.15) is 5.69 Å². The lowest BCUT2D eigenvalue weighted by Gasteiger charge is -2.14. The minimum Gasteiger partial charge on any atom is -0.201 e. The van der Waals surface area contributed by atoms with Crippen molar-refractivity contribution in [2.75, 3.05) is 0 Å². The average Bonchev–Trinajstić information content (AvgIpc) is 2.21. The van der Waals surface area contributed by atoms with Crippen LogP contribution in [0.5, 0.6) is 0 Å². The maximum absolute atomic E-state index is 13.0. The van der Waals surface area contributed by atoms with E-state index in [0.717, 1.165) is 0 Å². The first-order valence-electron chi connectivity index (χ1n) is 4.28. The van der Waals surface area contributed by atoms with Crippen LogP contribution in [-0.4, -0.2) is 22.3 Å². The molecule has 0 aliphatic rings. The molecule has 0 atom stereocenters. The molecule has 1 rings (SSSR count). The predicted octanol–water partition coefficient (Wildman–Crippen LogP) is 3.70. The Morgan fingerprint density at radius 3 is 1.70 bits per heavy atom. The van der Waals surface area contributed by atoms with Crippen LogP contribution in [0.2, 0.25) is 0 Å². The first-order chi connectivity index (χ1) is 8.85. The van der Waals surface area contributed by atoms with Crippen LogP contribution in [0.25, 0.3) is 5.57 Å². The van der Waals surface area contributed by atoms with Gasteiger partial charge >= 0.3 is 18.4 Å². The highest BCUT2D eigenvalue weighted by molar-refractivity contribution is 5.69. The zero-order valence-corrected chi connectivity index (χ0v) is 8.67. The van der Waals surface area contributed by atoms with Gasteiger partial charge in [-0.15, -0.1) is 0 Å². The second kappa shape index (κ2) is 4.90. The van der Waals surface area contributed by atoms with E-state index in [9.17, 15) is 43.9 Å². The van der Waals surface area contributed by atoms with Crippen LogP contribution in [0.3, 0.4) is 0 Å². The highest BCUT2D eigenvalue weighted by atomic mass is 19.4. The average molecular weight is 314 g/mol. The van der Waals surface area contributed by atoms with Crippen molar-refractivity contribution in [1.82, 2.24) is 9.97 Å². The van der Waals surface area contributed by atoms with Gasteiger partial charge in [0.1, 0.15) is 11.3 Å². The zero-order chi connectivity index (χ0) is 15.9. The van der Waals surface area contributed by atoms with Crippen LogP contribution < -0.4 is 0 Å². The summed E-state index contributed by atoms with van der Waals surface area (Å²) < 4.78 is 124. The van der Waals surface area contributed by atoms with Crippen LogP contribution in [0, 0.1) is 17.8 Å². The number of hydrogen-bond acceptors (Lipinski definition) is 2. The van der Waals surface area contributed by atoms with Gasteiger partial charge in [-0.05, 0) is 0 Å². The molecule has 1 heterocycles. The van der Waals surface area contributed by atoms with Crippen LogP contribution in [0.4, 0.5) is 43.9 Å². The summed E-state index contributed by atoms with van der Waals surface area (Å²) >= 11 is 0. The SMILES string of the molecule is F/C(=C(\c1nc(F)nc(F)c1F)C(F)(F)F)C(F)(F)F. The monoisotopic (exact) mass is 314 g/mol. The number of rotatable bonds is 1. The Bertz CT molecular complexity index is 556. The molecule has 12 heteroatoms. The van der Waals surface area contributed by atoms with E-state index in [1.807, 2.05) is 9.97 Å². The smallest absolute Gasteiger partial charge is 0.201 e. The van der Waals surface area contributed by atoms with Crippen LogP contribution in [-0.2, 0) is 0 Å². The molecule has 0 aliphatic heterocycles. The molecule has 0 radical (unpaired) electrons. The Balaban J connectivity index is 3.75. The summed E-state index contributed by atoms with van der Waals surface area (Å²) in [4.78, 5) is 4.03. The van der Waals surface area contributed by atoms with E-state index in [2.05, 4.69) is 0 Å². The fourth-order valence-electron chi connectivity index (χ4n) is 1.06. The first kappa shape index (κ1) is 16.2. The van der Waals surface area contributed by atoms with Crippen molar-refractivity contribution in [3.8, 4) is 0 Å². The van der Waals surface area contributed by atoms with Gasteiger partial charge in [0, 0.05) is 0 Å². The summed E-state index contributed by atoms with van der Waals surface area (Å²) in [6.45, 7) is 0. The van der Waals surface area contributed by atoms with Crippen LogP contribution in [0.15, 0.2) is 5.83 Å². The molecule has 20 heavy (non-hydrogen) atoms. The van der Waals surface area contributed by atoms with Gasteiger partial charge in [0.2, 0.25) is 11.6 Å². The molecule has 0 N–H and O–H groups in total. The summed E-state index contributed by atoms with van der Waals surface area (Å²) in [5, 5.41) is 0. The Labute approximate surface area is 102 Å². The van der Waals surface area contributed by atoms with Crippen LogP contribution >= 0.6 is 0 Å². The Morgan fingerprint density at radius 1 is 0.800 bits per heavy atom. The van der Waals surface area contributed by atoms with Crippen molar-refractivity contribution < 1.29 is 43.9 Å². The van der Waals surface area contributed by atoms with E-state index >= 15 is 0 Å². The summed E-state index contributed by atoms with van der Waals surface area (Å²) in [6.07, 6.45) is -14.6. The van der Waals surface area contributed by atoms with Gasteiger partial charge in [-0.2, -0.15) is 49.5 Å². The number of hydrogen-bond donors (Lipinski definition) is 0. The molecular weight excluding hydrogens is 314 g/mol. The summed E-state index contributed by atoms with van der Waals surface area (Å²) in [5.41, 5.74) is -5.81. The van der Waals surface area contributed by atoms with E-state index in [1.54, 1.807) is 0 Å². The van der Waals surface area contributed by atoms with Gasteiger partial charge in [-0.1, -0.05) is 0 Å². The molecule has 0 aliphatic carbocycles. The topological polar surface area (TPSA) is 25.8 Å². The Kier molecular flexibility index (Phi) is 3.97. The number of allylic oxidation sites excluding steroid dienone is 2. The molecule has 1 aromatic heterocycles. The number of nitrogens with zero attached hydrogens (tertiary/aromatic N) is 2. The van der Waals surface area contributed by atoms with Gasteiger partial charge in [-0.3, -0.25) is 0 Å². The van der Waals surface area contributed by atoms with Gasteiger partial charge in [0.25, 0.3) is 5.95 Å². The van der Waals surface area contributed by atoms with E-state index in [-0.39, 0.29) is 0 Å². The predicted molar refractivity (Wildman–Crippen MR) is 42.0 cm³/mol. The molecule has 1 aromatic rings. The molecule has 112 valence electrons. The molecule has 0 spiro atoms. The Hall–Kier alpha value is -1.88. The molecule has 0 saturated carbocycles. The van der Waals surface area contributed by atoms with E-state index in [0.29, 0.717) is 0 Å². The summed E-state index contributed by atoms with van der Waals surface area (Å²) in [7, 11) is 0. The van der Waals surface area contributed by atoms with E-state index in [4.69, 9.17) is 0 Å². The molecule has 0 fully saturated rings. The molecule has 0 amide bonds. The number of halogens is 10. The van der Waals surface area contributed by atoms with Crippen molar-refractivity contribution in [2.45, 2.75) is 12.4 Å². The Morgan fingerprint density at radius 2 is 1.30 bits per heavy atom. The zero-order valence-electron chi connectivity index (χ0n) is 8.67. The third-order valence-corrected chi connectivity index (χ3v) is 1.77. The second-order valence-electron chi connectivity index (χ2n) is 3.13. The molecular formula is C8F10N2. The fourth-order valence-corrected chi connectivity index (χ4v) is 1.06. The van der Waals surface area contributed by atoms with Gasteiger partial charge in [0.05, 0.1) is 0 Å². The maximum Gasteiger partial charge on any atom is 0.443 e. The summed E-state index contributed by atoms with van der Waals surface area (Å²) in [6, 6.07) is 0. The normalized spacial score (nSPS) is 14.3. The third-order valence-electron chi connectivity index (χ3n) is 1.77. The van der Waals surface area contributed by atoms with E-state index in [1.165, 1.54) is 0 Å². The fraction of sp³-hybridized carbons (Fsp3) is 0.250. The third kappa shape index (κ3) is 3.17. The molecule has 0 bridgehead atoms. The minimum atomic E-state index is -6.16. The lowest BCUT2D eigenvalue weighted by molar-refractivity contribution is -0.116. The minimum absolute atomic E-state index is 2.01. The highest BCUT2D eigenvalue weighted by Crippen LogP contribution is 2.42. The molecule has 0 unspecified atom stereocenters. The van der Waals surface area contributed by atoms with E-state index < -0.39 is 47.3 Å². The van der Waals surface area contributed by atoms with Crippen molar-refractivity contribution in [3.63, 3.8) is 0 Å². The van der Waals surface area contributed by atoms with Crippen molar-refractivity contribution in [2.24, 2.45) is 0 Å². The van der Waals surface area contributed by atoms with Gasteiger partial charge in [0.15, 0.2) is 0 Å². The lowest BCUT2D eigenvalue weighted by Crippen LogP contribution is -2.22. The maximum atomic E-state index is 13.0. The molecule has 2 nitrogen and oxygen atoms in total. The molecule has 0 saturated heterocycles. The highest BCUT2D eigenvalue weighted by Gasteiger charge is 2.49. The number of alkyl halides is 6. The van der Waals surface area contributed by atoms with Crippen molar-refractivity contribution in [1.29, 1.82) is 0 Å². The van der Waals surface area contributed by atoms with Gasteiger partial charge < -0.3 is 0 Å². The molecule has 0 aromatic carbocycles. The largest absolute Gasteiger partial charge is 0.443 e. The quantitative estimate of drug-likeness (QED) is 0.449. The summed E-state index contributed by atoms with van der Waals surface area (Å²) in [5.74, 6) is -8.95. The first-order valence-corrected chi connectivity index (χ1v) is 4.28. The second-order valence-corrected chi connectivity index (χ2v) is 3.13. The van der Waals surface area contributed by atoms with Gasteiger partial charge in [-0.25, -0.2) is 4.39 Å².